The second kappa shape index (κ2) is 10.1. The number of hydrogen-bond acceptors (Lipinski definition) is 4. The lowest BCUT2D eigenvalue weighted by Crippen LogP contribution is -2.38. The summed E-state index contributed by atoms with van der Waals surface area (Å²) in [6.07, 6.45) is 3.66. The van der Waals surface area contributed by atoms with Crippen molar-refractivity contribution in [1.29, 1.82) is 0 Å². The highest BCUT2D eigenvalue weighted by molar-refractivity contribution is 5.42. The number of phenolic OH excluding ortho intramolecular Hbond substituents is 1. The number of piperidine rings is 1. The van der Waals surface area contributed by atoms with E-state index in [2.05, 4.69) is 53.2 Å². The summed E-state index contributed by atoms with van der Waals surface area (Å²) < 4.78 is 5.24. The molecule has 29 heavy (non-hydrogen) atoms. The van der Waals surface area contributed by atoms with E-state index >= 15 is 0 Å². The first-order valence-electron chi connectivity index (χ1n) is 10.8. The molecule has 2 aromatic carbocycles. The molecular formula is C25H36N2O2. The zero-order valence-corrected chi connectivity index (χ0v) is 18.4. The normalized spacial score (nSPS) is 15.8. The molecule has 0 atom stereocenters. The van der Waals surface area contributed by atoms with Crippen LogP contribution in [-0.4, -0.2) is 55.2 Å². The quantitative estimate of drug-likeness (QED) is 0.717. The molecule has 4 nitrogen and oxygen atoms in total. The summed E-state index contributed by atoms with van der Waals surface area (Å²) in [4.78, 5) is 5.04. The van der Waals surface area contributed by atoms with Crippen LogP contribution in [0.4, 0.5) is 0 Å². The van der Waals surface area contributed by atoms with E-state index in [4.69, 9.17) is 4.74 Å². The third-order valence-corrected chi connectivity index (χ3v) is 6.16. The maximum atomic E-state index is 9.97. The molecule has 1 fully saturated rings. The number of ether oxygens (including phenoxy) is 1. The Hall–Kier alpha value is -2.04. The van der Waals surface area contributed by atoms with E-state index in [1.165, 1.54) is 37.1 Å². The van der Waals surface area contributed by atoms with Gasteiger partial charge in [0.2, 0.25) is 0 Å². The molecule has 0 unspecified atom stereocenters. The highest BCUT2D eigenvalue weighted by Gasteiger charge is 2.20. The van der Waals surface area contributed by atoms with E-state index < -0.39 is 0 Å². The molecule has 1 N–H and O–H groups in total. The van der Waals surface area contributed by atoms with E-state index in [0.29, 0.717) is 5.75 Å². The van der Waals surface area contributed by atoms with Crippen molar-refractivity contribution in [3.8, 4) is 11.5 Å². The smallest absolute Gasteiger partial charge is 0.121 e. The zero-order valence-electron chi connectivity index (χ0n) is 18.4. The van der Waals surface area contributed by atoms with Gasteiger partial charge < -0.3 is 19.6 Å². The number of aromatic hydroxyl groups is 1. The fourth-order valence-corrected chi connectivity index (χ4v) is 4.43. The number of likely N-dealkylation sites (tertiary alicyclic amines) is 1. The van der Waals surface area contributed by atoms with E-state index in [-0.39, 0.29) is 0 Å². The third-order valence-electron chi connectivity index (χ3n) is 6.16. The van der Waals surface area contributed by atoms with Crippen LogP contribution in [0.1, 0.15) is 35.1 Å². The van der Waals surface area contributed by atoms with Crippen LogP contribution in [0.3, 0.4) is 0 Å². The molecule has 2 aromatic rings. The van der Waals surface area contributed by atoms with Crippen LogP contribution in [0.15, 0.2) is 36.4 Å². The summed E-state index contributed by atoms with van der Waals surface area (Å²) in [6.45, 7) is 9.59. The van der Waals surface area contributed by atoms with Gasteiger partial charge in [-0.1, -0.05) is 24.3 Å². The summed E-state index contributed by atoms with van der Waals surface area (Å²) in [7, 11) is 3.93. The highest BCUT2D eigenvalue weighted by atomic mass is 16.5. The minimum atomic E-state index is 0.429. The second-order valence-corrected chi connectivity index (χ2v) is 8.66. The summed E-state index contributed by atoms with van der Waals surface area (Å²) in [5, 5.41) is 9.97. The minimum absolute atomic E-state index is 0.429. The van der Waals surface area contributed by atoms with Gasteiger partial charge >= 0.3 is 0 Å². The molecule has 1 heterocycles. The molecule has 0 saturated carbocycles. The Morgan fingerprint density at radius 3 is 2.24 bits per heavy atom. The van der Waals surface area contributed by atoms with Crippen molar-refractivity contribution in [2.75, 3.05) is 40.3 Å². The fourth-order valence-electron chi connectivity index (χ4n) is 4.43. The van der Waals surface area contributed by atoms with E-state index in [1.807, 2.05) is 13.8 Å². The molecule has 0 amide bonds. The van der Waals surface area contributed by atoms with E-state index in [0.717, 1.165) is 48.8 Å². The number of hydrogen-bond donors (Lipinski definition) is 1. The maximum Gasteiger partial charge on any atom is 0.121 e. The molecule has 0 bridgehead atoms. The van der Waals surface area contributed by atoms with Gasteiger partial charge in [-0.3, -0.25) is 0 Å². The lowest BCUT2D eigenvalue weighted by molar-refractivity contribution is 0.153. The summed E-state index contributed by atoms with van der Waals surface area (Å²) >= 11 is 0. The van der Waals surface area contributed by atoms with Crippen molar-refractivity contribution in [1.82, 2.24) is 9.80 Å². The van der Waals surface area contributed by atoms with Crippen LogP contribution >= 0.6 is 0 Å². The molecule has 158 valence electrons. The number of benzene rings is 2. The first kappa shape index (κ1) is 21.7. The van der Waals surface area contributed by atoms with Gasteiger partial charge in [0.05, 0.1) is 7.11 Å². The average Bonchev–Trinajstić information content (AvgIpc) is 2.71. The molecule has 1 aliphatic heterocycles. The van der Waals surface area contributed by atoms with Gasteiger partial charge in [0.15, 0.2) is 0 Å². The number of rotatable bonds is 8. The average molecular weight is 397 g/mol. The van der Waals surface area contributed by atoms with Crippen LogP contribution in [0.25, 0.3) is 0 Å². The lowest BCUT2D eigenvalue weighted by atomic mass is 9.95. The van der Waals surface area contributed by atoms with Crippen molar-refractivity contribution in [3.05, 3.63) is 58.7 Å². The Kier molecular flexibility index (Phi) is 7.57. The van der Waals surface area contributed by atoms with Gasteiger partial charge in [-0.2, -0.15) is 0 Å². The topological polar surface area (TPSA) is 35.9 Å². The van der Waals surface area contributed by atoms with Crippen molar-refractivity contribution in [3.63, 3.8) is 0 Å². The molecule has 1 saturated heterocycles. The van der Waals surface area contributed by atoms with Crippen molar-refractivity contribution < 1.29 is 9.84 Å². The predicted octanol–water partition coefficient (Wildman–Crippen LogP) is 4.40. The summed E-state index contributed by atoms with van der Waals surface area (Å²) in [5.74, 6) is 2.13. The summed E-state index contributed by atoms with van der Waals surface area (Å²) in [6, 6.07) is 12.7. The number of methoxy groups -OCH3 is 1. The minimum Gasteiger partial charge on any atom is -0.507 e. The van der Waals surface area contributed by atoms with Gasteiger partial charge in [-0.25, -0.2) is 0 Å². The molecule has 0 spiro atoms. The van der Waals surface area contributed by atoms with Gasteiger partial charge in [0.25, 0.3) is 0 Å². The molecule has 4 heteroatoms. The first-order chi connectivity index (χ1) is 13.9. The van der Waals surface area contributed by atoms with Gasteiger partial charge in [0.1, 0.15) is 11.5 Å². The molecule has 0 radical (unpaired) electrons. The Labute approximate surface area is 176 Å². The Morgan fingerprint density at radius 1 is 1.03 bits per heavy atom. The molecule has 0 aliphatic carbocycles. The van der Waals surface area contributed by atoms with Crippen LogP contribution in [0.5, 0.6) is 11.5 Å². The fraction of sp³-hybridized carbons (Fsp3) is 0.520. The van der Waals surface area contributed by atoms with Crippen molar-refractivity contribution in [2.24, 2.45) is 5.92 Å². The van der Waals surface area contributed by atoms with Crippen LogP contribution < -0.4 is 4.74 Å². The Balaban J connectivity index is 1.39. The van der Waals surface area contributed by atoms with Gasteiger partial charge in [-0.05, 0) is 93.6 Å². The van der Waals surface area contributed by atoms with Crippen molar-refractivity contribution in [2.45, 2.75) is 39.7 Å². The molecule has 3 rings (SSSR count). The standard InChI is InChI=1S/C25H36N2O2/c1-19-15-23(16-20(2)25(19)28)18-26(3)17-22-10-13-27(14-11-22)12-9-21-5-7-24(29-4)8-6-21/h5-8,15-16,22,28H,9-14,17-18H2,1-4H3. The SMILES string of the molecule is COc1ccc(CCN2CCC(CN(C)Cc3cc(C)c(O)c(C)c3)CC2)cc1. The van der Waals surface area contributed by atoms with Gasteiger partial charge in [-0.15, -0.1) is 0 Å². The number of aryl methyl sites for hydroxylation is 2. The second-order valence-electron chi connectivity index (χ2n) is 8.66. The van der Waals surface area contributed by atoms with Crippen LogP contribution in [0, 0.1) is 19.8 Å². The Morgan fingerprint density at radius 2 is 1.66 bits per heavy atom. The third kappa shape index (κ3) is 6.22. The number of phenols is 1. The number of nitrogens with zero attached hydrogens (tertiary/aromatic N) is 2. The molecular weight excluding hydrogens is 360 g/mol. The van der Waals surface area contributed by atoms with Crippen LogP contribution in [0.2, 0.25) is 0 Å². The Bertz CT molecular complexity index is 757. The van der Waals surface area contributed by atoms with Crippen molar-refractivity contribution >= 4 is 0 Å². The maximum absolute atomic E-state index is 9.97. The lowest BCUT2D eigenvalue weighted by Gasteiger charge is -2.34. The van der Waals surface area contributed by atoms with Crippen LogP contribution in [-0.2, 0) is 13.0 Å². The zero-order chi connectivity index (χ0) is 20.8. The monoisotopic (exact) mass is 396 g/mol. The first-order valence-corrected chi connectivity index (χ1v) is 10.8. The largest absolute Gasteiger partial charge is 0.507 e. The predicted molar refractivity (Wildman–Crippen MR) is 120 cm³/mol. The molecule has 1 aliphatic rings. The summed E-state index contributed by atoms with van der Waals surface area (Å²) in [5.41, 5.74) is 4.61. The molecule has 0 aromatic heterocycles. The van der Waals surface area contributed by atoms with Gasteiger partial charge in [0, 0.05) is 19.6 Å². The van der Waals surface area contributed by atoms with E-state index in [1.54, 1.807) is 7.11 Å². The van der Waals surface area contributed by atoms with E-state index in [9.17, 15) is 5.11 Å². The highest BCUT2D eigenvalue weighted by Crippen LogP contribution is 2.24.